The number of nitrogens with two attached hydrogens (primary N) is 1. The van der Waals surface area contributed by atoms with Gasteiger partial charge in [0.1, 0.15) is 5.69 Å². The summed E-state index contributed by atoms with van der Waals surface area (Å²) in [5, 5.41) is 5.70. The van der Waals surface area contributed by atoms with Crippen LogP contribution in [-0.4, -0.2) is 29.0 Å². The topological polar surface area (TPSA) is 89.2 Å². The number of nitrogen functional groups attached to an aromatic ring is 1. The highest BCUT2D eigenvalue weighted by Gasteiger charge is 2.28. The van der Waals surface area contributed by atoms with E-state index in [1.165, 1.54) is 0 Å². The molecule has 1 unspecified atom stereocenters. The fraction of sp³-hybridized carbons (Fsp3) is 0.538. The number of anilines is 1. The summed E-state index contributed by atoms with van der Waals surface area (Å²) in [6.07, 6.45) is 5.36. The molecule has 1 aliphatic carbocycles. The van der Waals surface area contributed by atoms with Crippen LogP contribution >= 0.6 is 0 Å². The molecule has 2 heterocycles. The lowest BCUT2D eigenvalue weighted by Gasteiger charge is -2.12. The maximum atomic E-state index is 12.1. The molecule has 2 fully saturated rings. The molecule has 0 radical (unpaired) electrons. The Kier molecular flexibility index (Phi) is 2.93. The number of hydrogen-bond donors (Lipinski definition) is 3. The summed E-state index contributed by atoms with van der Waals surface area (Å²) in [5.41, 5.74) is 6.99. The van der Waals surface area contributed by atoms with Crippen molar-refractivity contribution in [2.24, 2.45) is 0 Å². The van der Waals surface area contributed by atoms with Crippen LogP contribution in [0.3, 0.4) is 0 Å². The summed E-state index contributed by atoms with van der Waals surface area (Å²) >= 11 is 0. The molecule has 1 aromatic heterocycles. The summed E-state index contributed by atoms with van der Waals surface area (Å²) < 4.78 is 1.96. The third-order valence-corrected chi connectivity index (χ3v) is 3.64. The molecule has 4 N–H and O–H groups in total. The Hall–Kier alpha value is -1.98. The van der Waals surface area contributed by atoms with Crippen LogP contribution in [0.2, 0.25) is 0 Å². The van der Waals surface area contributed by atoms with Gasteiger partial charge in [-0.3, -0.25) is 9.59 Å². The van der Waals surface area contributed by atoms with Gasteiger partial charge in [-0.1, -0.05) is 0 Å². The Morgan fingerprint density at radius 3 is 2.89 bits per heavy atom. The zero-order valence-electron chi connectivity index (χ0n) is 10.7. The molecule has 0 aromatic carbocycles. The molecule has 2 aliphatic rings. The first-order valence-electron chi connectivity index (χ1n) is 6.68. The molecule has 1 aromatic rings. The Balaban J connectivity index is 1.62. The Morgan fingerprint density at radius 2 is 2.26 bits per heavy atom. The number of carbonyl (C=O) groups is 2. The van der Waals surface area contributed by atoms with Crippen molar-refractivity contribution in [3.8, 4) is 0 Å². The van der Waals surface area contributed by atoms with Gasteiger partial charge >= 0.3 is 0 Å². The van der Waals surface area contributed by atoms with Gasteiger partial charge in [-0.2, -0.15) is 0 Å². The van der Waals surface area contributed by atoms with Crippen LogP contribution in [0.5, 0.6) is 0 Å². The minimum atomic E-state index is -0.121. The van der Waals surface area contributed by atoms with Gasteiger partial charge in [0.15, 0.2) is 0 Å². The molecular weight excluding hydrogens is 244 g/mol. The van der Waals surface area contributed by atoms with E-state index >= 15 is 0 Å². The van der Waals surface area contributed by atoms with Crippen LogP contribution in [0.25, 0.3) is 0 Å². The van der Waals surface area contributed by atoms with Crippen LogP contribution in [0, 0.1) is 0 Å². The van der Waals surface area contributed by atoms with Crippen molar-refractivity contribution in [1.82, 2.24) is 15.2 Å². The summed E-state index contributed by atoms with van der Waals surface area (Å²) in [7, 11) is 0. The van der Waals surface area contributed by atoms with Gasteiger partial charge in [-0.25, -0.2) is 0 Å². The van der Waals surface area contributed by atoms with E-state index in [0.717, 1.165) is 19.3 Å². The average Bonchev–Trinajstić information content (AvgIpc) is 3.03. The third kappa shape index (κ3) is 2.57. The number of nitrogens with one attached hydrogen (secondary N) is 2. The van der Waals surface area contributed by atoms with Crippen LogP contribution in [0.1, 0.15) is 42.2 Å². The Labute approximate surface area is 111 Å². The maximum absolute atomic E-state index is 12.1. The summed E-state index contributed by atoms with van der Waals surface area (Å²) in [6, 6.07) is 2.18. The molecule has 19 heavy (non-hydrogen) atoms. The van der Waals surface area contributed by atoms with E-state index < -0.39 is 0 Å². The zero-order chi connectivity index (χ0) is 13.4. The first-order chi connectivity index (χ1) is 9.13. The predicted octanol–water partition coefficient (Wildman–Crippen LogP) is 0.414. The SMILES string of the molecule is Nc1cc(C(=O)NCC2CCC(=O)N2)n(C2CC2)c1. The molecule has 6 heteroatoms. The average molecular weight is 262 g/mol. The van der Waals surface area contributed by atoms with Crippen LogP contribution in [-0.2, 0) is 4.79 Å². The normalized spacial score (nSPS) is 22.3. The largest absolute Gasteiger partial charge is 0.397 e. The van der Waals surface area contributed by atoms with Crippen molar-refractivity contribution < 1.29 is 9.59 Å². The van der Waals surface area contributed by atoms with Crippen molar-refractivity contribution in [3.05, 3.63) is 18.0 Å². The fourth-order valence-corrected chi connectivity index (χ4v) is 2.47. The second-order valence-electron chi connectivity index (χ2n) is 5.31. The van der Waals surface area contributed by atoms with Gasteiger partial charge in [-0.15, -0.1) is 0 Å². The molecule has 1 saturated carbocycles. The van der Waals surface area contributed by atoms with Gasteiger partial charge in [0.25, 0.3) is 5.91 Å². The summed E-state index contributed by atoms with van der Waals surface area (Å²) in [4.78, 5) is 23.2. The molecule has 2 amide bonds. The number of amides is 2. The fourth-order valence-electron chi connectivity index (χ4n) is 2.47. The molecule has 102 valence electrons. The van der Waals surface area contributed by atoms with Crippen LogP contribution in [0.15, 0.2) is 12.3 Å². The van der Waals surface area contributed by atoms with Gasteiger partial charge in [0.05, 0.1) is 5.69 Å². The van der Waals surface area contributed by atoms with E-state index in [9.17, 15) is 9.59 Å². The van der Waals surface area contributed by atoms with E-state index in [2.05, 4.69) is 10.6 Å². The van der Waals surface area contributed by atoms with Crippen molar-refractivity contribution in [2.75, 3.05) is 12.3 Å². The van der Waals surface area contributed by atoms with Gasteiger partial charge in [-0.05, 0) is 25.3 Å². The highest BCUT2D eigenvalue weighted by molar-refractivity contribution is 5.94. The molecule has 1 saturated heterocycles. The summed E-state index contributed by atoms with van der Waals surface area (Å²) in [6.45, 7) is 0.473. The van der Waals surface area contributed by atoms with Crippen molar-refractivity contribution in [2.45, 2.75) is 37.8 Å². The Morgan fingerprint density at radius 1 is 1.47 bits per heavy atom. The van der Waals surface area contributed by atoms with E-state index in [0.29, 0.717) is 30.4 Å². The highest BCUT2D eigenvalue weighted by atomic mass is 16.2. The van der Waals surface area contributed by atoms with Crippen LogP contribution < -0.4 is 16.4 Å². The van der Waals surface area contributed by atoms with E-state index in [1.54, 1.807) is 6.07 Å². The lowest BCUT2D eigenvalue weighted by Crippen LogP contribution is -2.38. The Bertz CT molecular complexity index is 519. The maximum Gasteiger partial charge on any atom is 0.268 e. The third-order valence-electron chi connectivity index (χ3n) is 3.64. The molecular formula is C13H18N4O2. The van der Waals surface area contributed by atoms with Crippen molar-refractivity contribution in [1.29, 1.82) is 0 Å². The molecule has 0 bridgehead atoms. The molecule has 3 rings (SSSR count). The monoisotopic (exact) mass is 262 g/mol. The van der Waals surface area contributed by atoms with E-state index in [-0.39, 0.29) is 17.9 Å². The lowest BCUT2D eigenvalue weighted by atomic mass is 10.2. The molecule has 1 aliphatic heterocycles. The van der Waals surface area contributed by atoms with Gasteiger partial charge in [0.2, 0.25) is 5.91 Å². The van der Waals surface area contributed by atoms with Crippen molar-refractivity contribution >= 4 is 17.5 Å². The highest BCUT2D eigenvalue weighted by Crippen LogP contribution is 2.37. The summed E-state index contributed by atoms with van der Waals surface area (Å²) in [5.74, 6) is -0.0606. The first kappa shape index (κ1) is 12.1. The molecule has 1 atom stereocenters. The number of aromatic nitrogens is 1. The second-order valence-corrected chi connectivity index (χ2v) is 5.31. The van der Waals surface area contributed by atoms with Crippen molar-refractivity contribution in [3.63, 3.8) is 0 Å². The predicted molar refractivity (Wildman–Crippen MR) is 70.6 cm³/mol. The zero-order valence-corrected chi connectivity index (χ0v) is 10.7. The minimum absolute atomic E-state index is 0.0538. The first-order valence-corrected chi connectivity index (χ1v) is 6.68. The van der Waals surface area contributed by atoms with Crippen LogP contribution in [0.4, 0.5) is 5.69 Å². The smallest absolute Gasteiger partial charge is 0.268 e. The van der Waals surface area contributed by atoms with Gasteiger partial charge < -0.3 is 20.9 Å². The molecule has 0 spiro atoms. The second kappa shape index (κ2) is 4.60. The quantitative estimate of drug-likeness (QED) is 0.734. The van der Waals surface area contributed by atoms with Gasteiger partial charge in [0, 0.05) is 31.2 Å². The standard InChI is InChI=1S/C13H18N4O2/c14-8-5-11(17(7-8)10-2-3-10)13(19)15-6-9-1-4-12(18)16-9/h5,7,9-10H,1-4,6,14H2,(H,15,19)(H,16,18). The number of hydrogen-bond acceptors (Lipinski definition) is 3. The van der Waals surface area contributed by atoms with E-state index in [4.69, 9.17) is 5.73 Å². The lowest BCUT2D eigenvalue weighted by molar-refractivity contribution is -0.119. The number of carbonyl (C=O) groups excluding carboxylic acids is 2. The number of nitrogens with zero attached hydrogens (tertiary/aromatic N) is 1. The molecule has 6 nitrogen and oxygen atoms in total. The van der Waals surface area contributed by atoms with E-state index in [1.807, 2.05) is 10.8 Å². The number of rotatable bonds is 4. The minimum Gasteiger partial charge on any atom is -0.397 e.